The van der Waals surface area contributed by atoms with E-state index in [9.17, 15) is 4.79 Å². The fraction of sp³-hybridized carbons (Fsp3) is 0.188. The van der Waals surface area contributed by atoms with E-state index in [0.29, 0.717) is 22.9 Å². The van der Waals surface area contributed by atoms with Crippen LogP contribution in [0.1, 0.15) is 16.1 Å². The fourth-order valence-corrected chi connectivity index (χ4v) is 1.99. The van der Waals surface area contributed by atoms with Crippen molar-refractivity contribution < 1.29 is 19.0 Å². The molecule has 5 nitrogen and oxygen atoms in total. The van der Waals surface area contributed by atoms with Gasteiger partial charge in [0.15, 0.2) is 11.5 Å². The summed E-state index contributed by atoms with van der Waals surface area (Å²) in [6.07, 6.45) is 4.87. The molecule has 0 atom stereocenters. The lowest BCUT2D eigenvalue weighted by atomic mass is 10.1. The molecule has 1 heterocycles. The topological polar surface area (TPSA) is 60.6 Å². The van der Waals surface area contributed by atoms with E-state index >= 15 is 0 Å². The Balaban J connectivity index is 2.34. The molecule has 1 aromatic carbocycles. The number of carbonyl (C=O) groups excluding carboxylic acids is 1. The van der Waals surface area contributed by atoms with Gasteiger partial charge in [0.25, 0.3) is 0 Å². The summed E-state index contributed by atoms with van der Waals surface area (Å²) in [6.45, 7) is 0. The monoisotopic (exact) mass is 287 g/mol. The summed E-state index contributed by atoms with van der Waals surface area (Å²) in [5, 5.41) is 0. The third kappa shape index (κ3) is 3.08. The number of hydrogen-bond acceptors (Lipinski definition) is 4. The highest BCUT2D eigenvalue weighted by atomic mass is 16.5. The fourth-order valence-electron chi connectivity index (χ4n) is 1.99. The van der Waals surface area contributed by atoms with Crippen LogP contribution in [0.25, 0.3) is 6.08 Å². The number of rotatable bonds is 6. The Morgan fingerprint density at radius 1 is 1.05 bits per heavy atom. The highest BCUT2D eigenvalue weighted by molar-refractivity contribution is 6.05. The quantitative estimate of drug-likeness (QED) is 0.655. The Labute approximate surface area is 123 Å². The molecule has 0 unspecified atom stereocenters. The molecule has 2 aromatic rings. The molecule has 5 heteroatoms. The van der Waals surface area contributed by atoms with Crippen molar-refractivity contribution in [3.63, 3.8) is 0 Å². The summed E-state index contributed by atoms with van der Waals surface area (Å²) >= 11 is 0. The highest BCUT2D eigenvalue weighted by Crippen LogP contribution is 2.40. The van der Waals surface area contributed by atoms with Gasteiger partial charge in [-0.05, 0) is 36.4 Å². The van der Waals surface area contributed by atoms with Gasteiger partial charge in [0.2, 0.25) is 11.5 Å². The third-order valence-corrected chi connectivity index (χ3v) is 3.01. The number of carbonyl (C=O) groups is 1. The largest absolute Gasteiger partial charge is 0.493 e. The summed E-state index contributed by atoms with van der Waals surface area (Å²) in [5.74, 6) is 1.47. The second-order valence-electron chi connectivity index (χ2n) is 4.20. The van der Waals surface area contributed by atoms with Gasteiger partial charge in [0, 0.05) is 11.8 Å². The zero-order valence-corrected chi connectivity index (χ0v) is 12.2. The van der Waals surface area contributed by atoms with Crippen LogP contribution in [0.4, 0.5) is 0 Å². The van der Waals surface area contributed by atoms with Crippen molar-refractivity contribution >= 4 is 11.9 Å². The van der Waals surface area contributed by atoms with Crippen LogP contribution in [0.3, 0.4) is 0 Å². The van der Waals surface area contributed by atoms with Gasteiger partial charge in [-0.25, -0.2) is 0 Å². The van der Waals surface area contributed by atoms with Gasteiger partial charge in [-0.2, -0.15) is 0 Å². The van der Waals surface area contributed by atoms with Crippen LogP contribution in [0, 0.1) is 0 Å². The molecule has 21 heavy (non-hydrogen) atoms. The molecule has 0 amide bonds. The van der Waals surface area contributed by atoms with Crippen molar-refractivity contribution in [1.29, 1.82) is 0 Å². The smallest absolute Gasteiger partial charge is 0.203 e. The van der Waals surface area contributed by atoms with E-state index in [1.807, 2.05) is 0 Å². The van der Waals surface area contributed by atoms with Crippen molar-refractivity contribution in [2.45, 2.75) is 0 Å². The molecule has 0 bridgehead atoms. The average Bonchev–Trinajstić information content (AvgIpc) is 3.05. The molecular weight excluding hydrogens is 270 g/mol. The number of ketones is 1. The van der Waals surface area contributed by atoms with Gasteiger partial charge in [0.05, 0.1) is 27.0 Å². The minimum atomic E-state index is -0.114. The van der Waals surface area contributed by atoms with Crippen LogP contribution in [0.5, 0.6) is 17.2 Å². The van der Waals surface area contributed by atoms with Gasteiger partial charge in [-0.15, -0.1) is 0 Å². The maximum atomic E-state index is 11.9. The predicted molar refractivity (Wildman–Crippen MR) is 80.3 cm³/mol. The lowest BCUT2D eigenvalue weighted by molar-refractivity contribution is 0.104. The molecule has 2 rings (SSSR count). The highest BCUT2D eigenvalue weighted by Gasteiger charge is 2.14. The van der Waals surface area contributed by atoms with Crippen molar-refractivity contribution in [2.75, 3.05) is 21.3 Å². The van der Waals surface area contributed by atoms with Crippen molar-refractivity contribution in [3.8, 4) is 17.2 Å². The molecule has 0 radical (unpaired) electrons. The number of benzene rings is 1. The Morgan fingerprint density at radius 3 is 2.38 bits per heavy atom. The first-order valence-corrected chi connectivity index (χ1v) is 6.36. The van der Waals surface area contributed by atoms with Crippen molar-refractivity contribution in [2.24, 2.45) is 0 Å². The van der Waals surface area contributed by atoms with Gasteiger partial charge in [-0.3, -0.25) is 4.79 Å². The second-order valence-corrected chi connectivity index (χ2v) is 4.20. The van der Waals surface area contributed by atoms with E-state index in [1.54, 1.807) is 50.8 Å². The standard InChI is InChI=1S/C16H17NO4/c1-19-14-9-7-11(15(20-2)16(14)21-3)6-8-13(18)12-5-4-10-17-12/h4-10,17H,1-3H3/b8-6+. The Morgan fingerprint density at radius 2 is 1.81 bits per heavy atom. The maximum Gasteiger partial charge on any atom is 0.203 e. The SMILES string of the molecule is COc1ccc(/C=C/C(=O)c2ccc[nH]2)c(OC)c1OC. The number of hydrogen-bond donors (Lipinski definition) is 1. The molecule has 1 aromatic heterocycles. The zero-order valence-electron chi connectivity index (χ0n) is 12.2. The molecule has 0 aliphatic carbocycles. The number of ether oxygens (including phenoxy) is 3. The van der Waals surface area contributed by atoms with Crippen LogP contribution < -0.4 is 14.2 Å². The van der Waals surface area contributed by atoms with E-state index in [4.69, 9.17) is 14.2 Å². The molecule has 0 aliphatic heterocycles. The van der Waals surface area contributed by atoms with Gasteiger partial charge < -0.3 is 19.2 Å². The molecule has 0 fully saturated rings. The summed E-state index contributed by atoms with van der Waals surface area (Å²) in [6, 6.07) is 7.06. The van der Waals surface area contributed by atoms with E-state index < -0.39 is 0 Å². The van der Waals surface area contributed by atoms with E-state index in [-0.39, 0.29) is 5.78 Å². The molecule has 110 valence electrons. The minimum absolute atomic E-state index is 0.114. The minimum Gasteiger partial charge on any atom is -0.493 e. The molecule has 0 saturated carbocycles. The number of methoxy groups -OCH3 is 3. The lowest BCUT2D eigenvalue weighted by Gasteiger charge is -2.13. The number of aromatic amines is 1. The van der Waals surface area contributed by atoms with E-state index in [0.717, 1.165) is 5.56 Å². The third-order valence-electron chi connectivity index (χ3n) is 3.01. The van der Waals surface area contributed by atoms with Gasteiger partial charge in [0.1, 0.15) is 0 Å². The maximum absolute atomic E-state index is 11.9. The number of nitrogens with one attached hydrogen (secondary N) is 1. The van der Waals surface area contributed by atoms with Crippen LogP contribution >= 0.6 is 0 Å². The summed E-state index contributed by atoms with van der Waals surface area (Å²) in [4.78, 5) is 14.8. The van der Waals surface area contributed by atoms with Crippen LogP contribution in [0.15, 0.2) is 36.5 Å². The zero-order chi connectivity index (χ0) is 15.2. The van der Waals surface area contributed by atoms with Crippen LogP contribution in [-0.2, 0) is 0 Å². The number of allylic oxidation sites excluding steroid dienone is 1. The molecule has 1 N–H and O–H groups in total. The first-order valence-electron chi connectivity index (χ1n) is 6.36. The van der Waals surface area contributed by atoms with E-state index in [1.165, 1.54) is 13.2 Å². The van der Waals surface area contributed by atoms with Gasteiger partial charge >= 0.3 is 0 Å². The number of aromatic nitrogens is 1. The second kappa shape index (κ2) is 6.65. The lowest BCUT2D eigenvalue weighted by Crippen LogP contribution is -1.97. The molecular formula is C16H17NO4. The molecule has 0 saturated heterocycles. The van der Waals surface area contributed by atoms with E-state index in [2.05, 4.69) is 4.98 Å². The van der Waals surface area contributed by atoms with Crippen LogP contribution in [-0.4, -0.2) is 32.1 Å². The first-order chi connectivity index (χ1) is 10.2. The number of H-pyrrole nitrogens is 1. The summed E-state index contributed by atoms with van der Waals surface area (Å²) in [5.41, 5.74) is 1.26. The Kier molecular flexibility index (Phi) is 4.66. The first kappa shape index (κ1) is 14.7. The average molecular weight is 287 g/mol. The predicted octanol–water partition coefficient (Wildman–Crippen LogP) is 2.94. The van der Waals surface area contributed by atoms with Crippen LogP contribution in [0.2, 0.25) is 0 Å². The van der Waals surface area contributed by atoms with Crippen molar-refractivity contribution in [1.82, 2.24) is 4.98 Å². The van der Waals surface area contributed by atoms with Crippen molar-refractivity contribution in [3.05, 3.63) is 47.8 Å². The molecule has 0 spiro atoms. The Bertz CT molecular complexity index is 645. The Hall–Kier alpha value is -2.69. The van der Waals surface area contributed by atoms with Gasteiger partial charge in [-0.1, -0.05) is 0 Å². The summed E-state index contributed by atoms with van der Waals surface area (Å²) in [7, 11) is 4.64. The molecule has 0 aliphatic rings. The normalized spacial score (nSPS) is 10.6. The summed E-state index contributed by atoms with van der Waals surface area (Å²) < 4.78 is 15.9.